The number of rotatable bonds is 11. The topological polar surface area (TPSA) is 249 Å². The van der Waals surface area contributed by atoms with Crippen LogP contribution in [-0.4, -0.2) is 105 Å². The molecule has 39 heavy (non-hydrogen) atoms. The van der Waals surface area contributed by atoms with Crippen molar-refractivity contribution in [2.75, 3.05) is 31.4 Å². The van der Waals surface area contributed by atoms with Crippen molar-refractivity contribution in [3.8, 4) is 0 Å². The minimum absolute atomic E-state index is 0.0271. The van der Waals surface area contributed by atoms with E-state index < -0.39 is 59.9 Å². The minimum Gasteiger partial charge on any atom is -0.480 e. The van der Waals surface area contributed by atoms with Crippen LogP contribution in [-0.2, 0) is 38.3 Å². The molecule has 3 rings (SSSR count). The number of nitrogens with two attached hydrogens (primary N) is 1. The van der Waals surface area contributed by atoms with Gasteiger partial charge < -0.3 is 35.6 Å². The van der Waals surface area contributed by atoms with Gasteiger partial charge in [0.05, 0.1) is 0 Å². The van der Waals surface area contributed by atoms with E-state index in [1.54, 1.807) is 0 Å². The van der Waals surface area contributed by atoms with Crippen LogP contribution >= 0.6 is 23.1 Å². The summed E-state index contributed by atoms with van der Waals surface area (Å²) in [4.78, 5) is 81.1. The molecule has 1 aromatic rings. The molecule has 0 aliphatic carbocycles. The van der Waals surface area contributed by atoms with E-state index in [1.165, 1.54) is 31.2 Å². The summed E-state index contributed by atoms with van der Waals surface area (Å²) in [5.41, 5.74) is 4.80. The molecule has 0 aromatic carbocycles. The highest BCUT2D eigenvalue weighted by atomic mass is 32.2. The second-order valence-corrected chi connectivity index (χ2v) is 9.69. The molecule has 0 spiro atoms. The maximum Gasteiger partial charge on any atom is 0.413 e. The molecule has 1 unspecified atom stereocenters. The normalized spacial score (nSPS) is 19.3. The van der Waals surface area contributed by atoms with Crippen LogP contribution in [0.25, 0.3) is 0 Å². The third-order valence-electron chi connectivity index (χ3n) is 5.05. The number of hydrogen-bond acceptors (Lipinski definition) is 14. The lowest BCUT2D eigenvalue weighted by Crippen LogP contribution is -2.71. The van der Waals surface area contributed by atoms with Crippen LogP contribution in [0.2, 0.25) is 0 Å². The summed E-state index contributed by atoms with van der Waals surface area (Å²) in [6.45, 7) is 0.292. The van der Waals surface area contributed by atoms with Gasteiger partial charge >= 0.3 is 24.0 Å². The Morgan fingerprint density at radius 1 is 1.28 bits per heavy atom. The Labute approximate surface area is 227 Å². The SMILES string of the molecule is CON=C(C(=O)NC1C(=O)N2C(C(=O)O)=C(COC(C)=O)CS[C@@H]12)c1csc(NC(=O)OC[C@@H](N)C(=O)O)n1. The van der Waals surface area contributed by atoms with Crippen molar-refractivity contribution >= 4 is 69.8 Å². The van der Waals surface area contributed by atoms with E-state index >= 15 is 0 Å². The van der Waals surface area contributed by atoms with E-state index in [9.17, 15) is 33.9 Å². The molecule has 1 fully saturated rings. The molecule has 0 saturated carbocycles. The number of oxime groups is 1. The highest BCUT2D eigenvalue weighted by molar-refractivity contribution is 8.00. The zero-order valence-corrected chi connectivity index (χ0v) is 21.9. The fraction of sp³-hybridized carbons (Fsp3) is 0.400. The number of esters is 1. The average molecular weight is 587 g/mol. The van der Waals surface area contributed by atoms with Gasteiger partial charge in [-0.3, -0.25) is 29.4 Å². The quantitative estimate of drug-likeness (QED) is 0.0880. The number of anilines is 1. The summed E-state index contributed by atoms with van der Waals surface area (Å²) in [6.07, 6.45) is -1.04. The Hall–Kier alpha value is -4.23. The molecule has 0 bridgehead atoms. The van der Waals surface area contributed by atoms with Crippen LogP contribution in [0.1, 0.15) is 12.6 Å². The molecule has 1 saturated heterocycles. The van der Waals surface area contributed by atoms with Gasteiger partial charge in [-0.25, -0.2) is 14.6 Å². The number of nitrogens with zero attached hydrogens (tertiary/aromatic N) is 3. The van der Waals surface area contributed by atoms with E-state index in [4.69, 9.17) is 25.2 Å². The van der Waals surface area contributed by atoms with Crippen LogP contribution in [0.4, 0.5) is 9.93 Å². The highest BCUT2D eigenvalue weighted by Gasteiger charge is 2.54. The fourth-order valence-corrected chi connectivity index (χ4v) is 5.30. The standard InChI is InChI=1S/C20H22N6O11S2/c1-7(27)36-3-8-5-38-16-12(15(29)26(16)13(8)18(32)33)23-14(28)11(25-35-2)10-6-39-19(22-10)24-20(34)37-4-9(21)17(30)31/h6,9,12,16H,3-5,21H2,1-2H3,(H,23,28)(H,30,31)(H,32,33)(H,22,24,34)/t9-,12?,16+/m1/s1. The van der Waals surface area contributed by atoms with Crippen molar-refractivity contribution in [2.45, 2.75) is 24.4 Å². The van der Waals surface area contributed by atoms with E-state index in [1.807, 2.05) is 0 Å². The van der Waals surface area contributed by atoms with Gasteiger partial charge in [0.1, 0.15) is 49.2 Å². The van der Waals surface area contributed by atoms with Crippen LogP contribution in [0, 0.1) is 0 Å². The van der Waals surface area contributed by atoms with Crippen molar-refractivity contribution in [2.24, 2.45) is 10.9 Å². The Morgan fingerprint density at radius 3 is 2.62 bits per heavy atom. The highest BCUT2D eigenvalue weighted by Crippen LogP contribution is 2.40. The number of nitrogens with one attached hydrogen (secondary N) is 2. The number of aromatic nitrogens is 1. The number of fused-ring (bicyclic) bond motifs is 1. The molecular formula is C20H22N6O11S2. The Bertz CT molecular complexity index is 1260. The number of aliphatic carboxylic acids is 2. The number of hydrogen-bond donors (Lipinski definition) is 5. The second kappa shape index (κ2) is 12.5. The first kappa shape index (κ1) is 29.3. The number of amides is 3. The van der Waals surface area contributed by atoms with Crippen molar-refractivity contribution in [3.05, 3.63) is 22.3 Å². The van der Waals surface area contributed by atoms with Crippen LogP contribution in [0.3, 0.4) is 0 Å². The molecule has 3 heterocycles. The van der Waals surface area contributed by atoms with Gasteiger partial charge in [0.15, 0.2) is 10.8 Å². The molecule has 2 aliphatic rings. The van der Waals surface area contributed by atoms with Gasteiger partial charge in [0, 0.05) is 23.6 Å². The maximum atomic E-state index is 13.0. The third kappa shape index (κ3) is 6.81. The number of thioether (sulfide) groups is 1. The monoisotopic (exact) mass is 586 g/mol. The summed E-state index contributed by atoms with van der Waals surface area (Å²) in [7, 11) is 1.17. The Kier molecular flexibility index (Phi) is 9.43. The largest absolute Gasteiger partial charge is 0.480 e. The van der Waals surface area contributed by atoms with Crippen molar-refractivity contribution < 1.29 is 53.3 Å². The maximum absolute atomic E-state index is 13.0. The van der Waals surface area contributed by atoms with Gasteiger partial charge in [0.2, 0.25) is 0 Å². The van der Waals surface area contributed by atoms with Crippen LogP contribution in [0.15, 0.2) is 21.8 Å². The summed E-state index contributed by atoms with van der Waals surface area (Å²) >= 11 is 2.06. The first-order valence-electron chi connectivity index (χ1n) is 10.8. The number of carbonyl (C=O) groups excluding carboxylic acids is 4. The molecule has 17 nitrogen and oxygen atoms in total. The molecule has 2 aliphatic heterocycles. The van der Waals surface area contributed by atoms with Gasteiger partial charge in [-0.05, 0) is 0 Å². The fourth-order valence-electron chi connectivity index (χ4n) is 3.29. The summed E-state index contributed by atoms with van der Waals surface area (Å²) in [6, 6.07) is -2.51. The van der Waals surface area contributed by atoms with Crippen LogP contribution in [0.5, 0.6) is 0 Å². The van der Waals surface area contributed by atoms with Gasteiger partial charge in [0.25, 0.3) is 11.8 Å². The first-order valence-corrected chi connectivity index (χ1v) is 12.7. The predicted octanol–water partition coefficient (Wildman–Crippen LogP) is -1.24. The number of thiazole rings is 1. The molecular weight excluding hydrogens is 564 g/mol. The molecule has 210 valence electrons. The number of carboxylic acid groups (broad SMARTS) is 2. The van der Waals surface area contributed by atoms with Crippen LogP contribution < -0.4 is 16.4 Å². The van der Waals surface area contributed by atoms with E-state index in [0.717, 1.165) is 16.2 Å². The molecule has 3 atom stereocenters. The Balaban J connectivity index is 1.67. The number of ether oxygens (including phenoxy) is 2. The molecule has 0 radical (unpaired) electrons. The van der Waals surface area contributed by atoms with Crippen molar-refractivity contribution in [1.82, 2.24) is 15.2 Å². The third-order valence-corrected chi connectivity index (χ3v) is 7.15. The molecule has 19 heteroatoms. The number of carbonyl (C=O) groups is 6. The van der Waals surface area contributed by atoms with Gasteiger partial charge in [-0.15, -0.1) is 23.1 Å². The summed E-state index contributed by atoms with van der Waals surface area (Å²) in [5, 5.41) is 27.3. The average Bonchev–Trinajstić information content (AvgIpc) is 3.34. The lowest BCUT2D eigenvalue weighted by molar-refractivity contribution is -0.150. The first-order chi connectivity index (χ1) is 18.4. The number of β-lactam (4-membered cyclic amide) rings is 1. The zero-order valence-electron chi connectivity index (χ0n) is 20.2. The smallest absolute Gasteiger partial charge is 0.413 e. The molecule has 1 aromatic heterocycles. The van der Waals surface area contributed by atoms with E-state index in [0.29, 0.717) is 0 Å². The lowest BCUT2D eigenvalue weighted by Gasteiger charge is -2.49. The summed E-state index contributed by atoms with van der Waals surface area (Å²) in [5.74, 6) is -4.77. The predicted molar refractivity (Wildman–Crippen MR) is 133 cm³/mol. The van der Waals surface area contributed by atoms with E-state index in [-0.39, 0.29) is 40.2 Å². The zero-order chi connectivity index (χ0) is 28.9. The van der Waals surface area contributed by atoms with Gasteiger partial charge in [-0.2, -0.15) is 0 Å². The minimum atomic E-state index is -1.42. The lowest BCUT2D eigenvalue weighted by atomic mass is 10.0. The van der Waals surface area contributed by atoms with E-state index in [2.05, 4.69) is 20.8 Å². The number of carboxylic acids is 2. The second-order valence-electron chi connectivity index (χ2n) is 7.73. The van der Waals surface area contributed by atoms with Crippen molar-refractivity contribution in [1.29, 1.82) is 0 Å². The Morgan fingerprint density at radius 2 is 2.00 bits per heavy atom. The molecule has 6 N–H and O–H groups in total. The van der Waals surface area contributed by atoms with Gasteiger partial charge in [-0.1, -0.05) is 5.16 Å². The summed E-state index contributed by atoms with van der Waals surface area (Å²) < 4.78 is 9.58. The molecule has 3 amide bonds. The van der Waals surface area contributed by atoms with Crippen molar-refractivity contribution in [3.63, 3.8) is 0 Å².